The summed E-state index contributed by atoms with van der Waals surface area (Å²) in [6.07, 6.45) is 2.30. The number of hydrogen-bond donors (Lipinski definition) is 1. The smallest absolute Gasteiger partial charge is 0.0378 e. The van der Waals surface area contributed by atoms with E-state index in [-0.39, 0.29) is 5.54 Å². The van der Waals surface area contributed by atoms with Gasteiger partial charge in [0.05, 0.1) is 0 Å². The maximum atomic E-state index is 6.19. The second kappa shape index (κ2) is 4.14. The number of hydrogen-bond acceptors (Lipinski definition) is 2. The van der Waals surface area contributed by atoms with E-state index >= 15 is 0 Å². The molecule has 1 saturated heterocycles. The van der Waals surface area contributed by atoms with E-state index in [9.17, 15) is 0 Å². The van der Waals surface area contributed by atoms with Gasteiger partial charge < -0.3 is 10.6 Å². The quantitative estimate of drug-likeness (QED) is 0.849. The number of nitrogens with zero attached hydrogens (tertiary/aromatic N) is 1. The molecule has 3 heteroatoms. The van der Waals surface area contributed by atoms with Gasteiger partial charge in [-0.05, 0) is 38.0 Å². The number of anilines is 1. The van der Waals surface area contributed by atoms with E-state index in [1.54, 1.807) is 0 Å². The second-order valence-electron chi connectivity index (χ2n) is 4.66. The van der Waals surface area contributed by atoms with Crippen molar-refractivity contribution in [3.05, 3.63) is 28.7 Å². The summed E-state index contributed by atoms with van der Waals surface area (Å²) in [7, 11) is 0. The highest BCUT2D eigenvalue weighted by Crippen LogP contribution is 2.26. The molecule has 1 heterocycles. The number of piperidine rings is 1. The molecule has 1 aromatic rings. The Balaban J connectivity index is 2.17. The van der Waals surface area contributed by atoms with E-state index in [1.807, 2.05) is 0 Å². The summed E-state index contributed by atoms with van der Waals surface area (Å²) >= 11 is 3.50. The minimum Gasteiger partial charge on any atom is -0.370 e. The lowest BCUT2D eigenvalue weighted by atomic mass is 9.92. The van der Waals surface area contributed by atoms with Gasteiger partial charge in [-0.2, -0.15) is 0 Å². The average Bonchev–Trinajstić information content (AvgIpc) is 2.16. The Hall–Kier alpha value is -0.540. The van der Waals surface area contributed by atoms with Gasteiger partial charge in [-0.1, -0.05) is 22.0 Å². The largest absolute Gasteiger partial charge is 0.370 e. The molecule has 0 radical (unpaired) electrons. The van der Waals surface area contributed by atoms with Crippen molar-refractivity contribution in [3.63, 3.8) is 0 Å². The van der Waals surface area contributed by atoms with Gasteiger partial charge in [0.1, 0.15) is 0 Å². The minimum atomic E-state index is -0.0411. The molecule has 82 valence electrons. The van der Waals surface area contributed by atoms with Crippen LogP contribution in [0.5, 0.6) is 0 Å². The van der Waals surface area contributed by atoms with Gasteiger partial charge in [0.25, 0.3) is 0 Å². The zero-order valence-corrected chi connectivity index (χ0v) is 10.6. The lowest BCUT2D eigenvalue weighted by Gasteiger charge is -2.39. The van der Waals surface area contributed by atoms with Gasteiger partial charge in [-0.25, -0.2) is 0 Å². The first-order valence-electron chi connectivity index (χ1n) is 5.36. The summed E-state index contributed by atoms with van der Waals surface area (Å²) < 4.78 is 1.13. The van der Waals surface area contributed by atoms with Gasteiger partial charge in [0.2, 0.25) is 0 Å². The fraction of sp³-hybridized carbons (Fsp3) is 0.500. The SMILES string of the molecule is CC1(N)CCCN(c2cccc(Br)c2)C1. The van der Waals surface area contributed by atoms with Gasteiger partial charge in [0, 0.05) is 28.8 Å². The van der Waals surface area contributed by atoms with Crippen LogP contribution < -0.4 is 10.6 Å². The number of benzene rings is 1. The molecule has 0 aromatic heterocycles. The molecule has 1 unspecified atom stereocenters. The molecule has 0 aliphatic carbocycles. The van der Waals surface area contributed by atoms with Crippen LogP contribution in [0.4, 0.5) is 5.69 Å². The van der Waals surface area contributed by atoms with Crippen LogP contribution in [0.15, 0.2) is 28.7 Å². The molecule has 1 aliphatic rings. The molecule has 2 N–H and O–H groups in total. The number of halogens is 1. The highest BCUT2D eigenvalue weighted by Gasteiger charge is 2.26. The molecular weight excluding hydrogens is 252 g/mol. The van der Waals surface area contributed by atoms with E-state index in [0.29, 0.717) is 0 Å². The van der Waals surface area contributed by atoms with Crippen molar-refractivity contribution < 1.29 is 0 Å². The van der Waals surface area contributed by atoms with E-state index in [2.05, 4.69) is 52.0 Å². The fourth-order valence-corrected chi connectivity index (χ4v) is 2.55. The predicted molar refractivity (Wildman–Crippen MR) is 68.2 cm³/mol. The van der Waals surface area contributed by atoms with Crippen molar-refractivity contribution in [3.8, 4) is 0 Å². The molecule has 2 nitrogen and oxygen atoms in total. The van der Waals surface area contributed by atoms with Crippen LogP contribution in [0.25, 0.3) is 0 Å². The van der Waals surface area contributed by atoms with Crippen molar-refractivity contribution in [2.45, 2.75) is 25.3 Å². The van der Waals surface area contributed by atoms with Crippen LogP contribution in [0.1, 0.15) is 19.8 Å². The van der Waals surface area contributed by atoms with E-state index in [4.69, 9.17) is 5.73 Å². The monoisotopic (exact) mass is 268 g/mol. The topological polar surface area (TPSA) is 29.3 Å². The molecule has 1 fully saturated rings. The molecule has 1 aromatic carbocycles. The maximum Gasteiger partial charge on any atom is 0.0378 e. The first kappa shape index (κ1) is 11.0. The van der Waals surface area contributed by atoms with Crippen molar-refractivity contribution in [2.75, 3.05) is 18.0 Å². The molecule has 0 saturated carbocycles. The first-order chi connectivity index (χ1) is 7.07. The maximum absolute atomic E-state index is 6.19. The molecule has 15 heavy (non-hydrogen) atoms. The molecule has 1 atom stereocenters. The third-order valence-electron chi connectivity index (χ3n) is 2.90. The van der Waals surface area contributed by atoms with Crippen LogP contribution in [0.2, 0.25) is 0 Å². The second-order valence-corrected chi connectivity index (χ2v) is 5.57. The summed E-state index contributed by atoms with van der Waals surface area (Å²) in [5.74, 6) is 0. The summed E-state index contributed by atoms with van der Waals surface area (Å²) in [6.45, 7) is 4.20. The van der Waals surface area contributed by atoms with E-state index in [0.717, 1.165) is 24.0 Å². The van der Waals surface area contributed by atoms with Gasteiger partial charge >= 0.3 is 0 Å². The Morgan fingerprint density at radius 1 is 1.47 bits per heavy atom. The van der Waals surface area contributed by atoms with Crippen LogP contribution in [0.3, 0.4) is 0 Å². The Labute approximate surface area is 99.6 Å². The van der Waals surface area contributed by atoms with Crippen LogP contribution in [-0.2, 0) is 0 Å². The molecule has 1 aliphatic heterocycles. The summed E-state index contributed by atoms with van der Waals surface area (Å²) in [5, 5.41) is 0. The normalized spacial score (nSPS) is 26.7. The first-order valence-corrected chi connectivity index (χ1v) is 6.16. The Morgan fingerprint density at radius 2 is 2.27 bits per heavy atom. The lowest BCUT2D eigenvalue weighted by Crippen LogP contribution is -2.52. The lowest BCUT2D eigenvalue weighted by molar-refractivity contribution is 0.375. The standard InChI is InChI=1S/C12H17BrN2/c1-12(14)6-3-7-15(9-12)11-5-2-4-10(13)8-11/h2,4-5,8H,3,6-7,9,14H2,1H3. The predicted octanol–water partition coefficient (Wildman–Crippen LogP) is 2.77. The molecular formula is C12H17BrN2. The van der Waals surface area contributed by atoms with Crippen molar-refractivity contribution in [2.24, 2.45) is 5.73 Å². The average molecular weight is 269 g/mol. The summed E-state index contributed by atoms with van der Waals surface area (Å²) in [5.41, 5.74) is 7.41. The molecule has 0 amide bonds. The number of rotatable bonds is 1. The van der Waals surface area contributed by atoms with Crippen molar-refractivity contribution >= 4 is 21.6 Å². The highest BCUT2D eigenvalue weighted by molar-refractivity contribution is 9.10. The summed E-state index contributed by atoms with van der Waals surface area (Å²) in [4.78, 5) is 2.37. The molecule has 0 bridgehead atoms. The van der Waals surface area contributed by atoms with Crippen LogP contribution >= 0.6 is 15.9 Å². The third kappa shape index (κ3) is 2.73. The van der Waals surface area contributed by atoms with E-state index < -0.39 is 0 Å². The van der Waals surface area contributed by atoms with Crippen LogP contribution in [-0.4, -0.2) is 18.6 Å². The fourth-order valence-electron chi connectivity index (χ4n) is 2.16. The Kier molecular flexibility index (Phi) is 3.03. The Bertz CT molecular complexity index is 349. The number of nitrogens with two attached hydrogens (primary N) is 1. The van der Waals surface area contributed by atoms with E-state index in [1.165, 1.54) is 12.1 Å². The minimum absolute atomic E-state index is 0.0411. The van der Waals surface area contributed by atoms with Crippen molar-refractivity contribution in [1.82, 2.24) is 0 Å². The van der Waals surface area contributed by atoms with Crippen LogP contribution in [0, 0.1) is 0 Å². The zero-order valence-electron chi connectivity index (χ0n) is 9.04. The highest BCUT2D eigenvalue weighted by atomic mass is 79.9. The van der Waals surface area contributed by atoms with Gasteiger partial charge in [0.15, 0.2) is 0 Å². The third-order valence-corrected chi connectivity index (χ3v) is 3.39. The molecule has 0 spiro atoms. The van der Waals surface area contributed by atoms with Gasteiger partial charge in [-0.3, -0.25) is 0 Å². The van der Waals surface area contributed by atoms with Crippen molar-refractivity contribution in [1.29, 1.82) is 0 Å². The molecule has 2 rings (SSSR count). The summed E-state index contributed by atoms with van der Waals surface area (Å²) in [6, 6.07) is 8.42. The zero-order chi connectivity index (χ0) is 10.9. The van der Waals surface area contributed by atoms with Gasteiger partial charge in [-0.15, -0.1) is 0 Å². The Morgan fingerprint density at radius 3 is 2.93 bits per heavy atom.